The van der Waals surface area contributed by atoms with Crippen LogP contribution in [0.1, 0.15) is 51.4 Å². The molecular weight excluding hydrogens is 192 g/mol. The smallest absolute Gasteiger partial charge is 0.168 e. The van der Waals surface area contributed by atoms with Crippen LogP contribution < -0.4 is 0 Å². The van der Waals surface area contributed by atoms with Gasteiger partial charge in [-0.05, 0) is 25.7 Å². The molecule has 88 valence electrons. The van der Waals surface area contributed by atoms with Crippen molar-refractivity contribution in [3.8, 4) is 0 Å². The van der Waals surface area contributed by atoms with Crippen LogP contribution >= 0.6 is 0 Å². The number of ether oxygens (including phenoxy) is 2. The largest absolute Gasteiger partial charge is 0.393 e. The second-order valence-electron chi connectivity index (χ2n) is 4.75. The van der Waals surface area contributed by atoms with Gasteiger partial charge in [-0.2, -0.15) is 0 Å². The van der Waals surface area contributed by atoms with Gasteiger partial charge in [0.1, 0.15) is 0 Å². The summed E-state index contributed by atoms with van der Waals surface area (Å²) in [5, 5.41) is 9.63. The van der Waals surface area contributed by atoms with Gasteiger partial charge in [0.15, 0.2) is 5.79 Å². The van der Waals surface area contributed by atoms with Crippen molar-refractivity contribution in [3.05, 3.63) is 0 Å². The van der Waals surface area contributed by atoms with E-state index in [1.54, 1.807) is 0 Å². The number of aliphatic hydroxyl groups is 1. The van der Waals surface area contributed by atoms with Gasteiger partial charge in [-0.25, -0.2) is 0 Å². The van der Waals surface area contributed by atoms with Gasteiger partial charge in [0.2, 0.25) is 0 Å². The highest BCUT2D eigenvalue weighted by Crippen LogP contribution is 2.32. The van der Waals surface area contributed by atoms with Crippen LogP contribution in [0.15, 0.2) is 0 Å². The van der Waals surface area contributed by atoms with Crippen molar-refractivity contribution >= 4 is 0 Å². The molecule has 0 aromatic rings. The van der Waals surface area contributed by atoms with Crippen molar-refractivity contribution < 1.29 is 14.6 Å². The third kappa shape index (κ3) is 3.16. The Morgan fingerprint density at radius 3 is 1.93 bits per heavy atom. The van der Waals surface area contributed by atoms with E-state index in [0.29, 0.717) is 0 Å². The first-order valence-corrected chi connectivity index (χ1v) is 6.27. The zero-order chi connectivity index (χ0) is 10.6. The van der Waals surface area contributed by atoms with Gasteiger partial charge in [0, 0.05) is 12.8 Å². The summed E-state index contributed by atoms with van der Waals surface area (Å²) < 4.78 is 11.5. The Labute approximate surface area is 91.8 Å². The van der Waals surface area contributed by atoms with Crippen molar-refractivity contribution in [3.63, 3.8) is 0 Å². The van der Waals surface area contributed by atoms with Crippen molar-refractivity contribution in [2.45, 2.75) is 63.3 Å². The number of hydrogen-bond acceptors (Lipinski definition) is 3. The van der Waals surface area contributed by atoms with Gasteiger partial charge in [-0.1, -0.05) is 12.8 Å². The Hall–Kier alpha value is -0.120. The summed E-state index contributed by atoms with van der Waals surface area (Å²) in [6.45, 7) is 1.51. The minimum atomic E-state index is -0.262. The molecule has 1 heterocycles. The normalized spacial score (nSPS) is 29.4. The van der Waals surface area contributed by atoms with E-state index in [9.17, 15) is 5.11 Å². The summed E-state index contributed by atoms with van der Waals surface area (Å²) in [4.78, 5) is 0. The molecule has 0 aromatic carbocycles. The maximum atomic E-state index is 9.63. The Kier molecular flexibility index (Phi) is 4.00. The van der Waals surface area contributed by atoms with Gasteiger partial charge >= 0.3 is 0 Å². The fourth-order valence-electron chi connectivity index (χ4n) is 2.60. The average molecular weight is 214 g/mol. The third-order valence-electron chi connectivity index (χ3n) is 3.50. The predicted octanol–water partition coefficient (Wildman–Crippen LogP) is 2.22. The lowest BCUT2D eigenvalue weighted by molar-refractivity contribution is -0.169. The molecule has 0 unspecified atom stereocenters. The van der Waals surface area contributed by atoms with E-state index in [1.807, 2.05) is 0 Å². The lowest BCUT2D eigenvalue weighted by atomic mass is 9.95. The van der Waals surface area contributed by atoms with Gasteiger partial charge in [-0.3, -0.25) is 0 Å². The van der Waals surface area contributed by atoms with Crippen LogP contribution in [0.5, 0.6) is 0 Å². The number of rotatable bonds is 0. The fourth-order valence-corrected chi connectivity index (χ4v) is 2.60. The lowest BCUT2D eigenvalue weighted by Gasteiger charge is -2.28. The molecule has 1 aliphatic heterocycles. The Morgan fingerprint density at radius 1 is 0.867 bits per heavy atom. The molecule has 0 aromatic heterocycles. The summed E-state index contributed by atoms with van der Waals surface area (Å²) in [5.41, 5.74) is 0. The van der Waals surface area contributed by atoms with Gasteiger partial charge in [-0.15, -0.1) is 0 Å². The molecule has 2 rings (SSSR count). The van der Waals surface area contributed by atoms with Crippen LogP contribution in [0, 0.1) is 0 Å². The fraction of sp³-hybridized carbons (Fsp3) is 1.00. The molecular formula is C12H22O3. The minimum Gasteiger partial charge on any atom is -0.393 e. The molecule has 2 fully saturated rings. The molecule has 1 spiro atoms. The molecule has 0 bridgehead atoms. The molecule has 2 aliphatic rings. The number of aliphatic hydroxyl groups excluding tert-OH is 1. The topological polar surface area (TPSA) is 38.7 Å². The van der Waals surface area contributed by atoms with Crippen LogP contribution in [0.4, 0.5) is 0 Å². The average Bonchev–Trinajstić information content (AvgIpc) is 2.69. The molecule has 15 heavy (non-hydrogen) atoms. The molecule has 0 amide bonds. The molecule has 1 saturated carbocycles. The van der Waals surface area contributed by atoms with Crippen molar-refractivity contribution in [2.75, 3.05) is 13.2 Å². The van der Waals surface area contributed by atoms with Crippen LogP contribution in [-0.4, -0.2) is 30.2 Å². The van der Waals surface area contributed by atoms with Gasteiger partial charge in [0.05, 0.1) is 19.3 Å². The molecule has 0 atom stereocenters. The zero-order valence-corrected chi connectivity index (χ0v) is 9.41. The monoisotopic (exact) mass is 214 g/mol. The molecule has 3 heteroatoms. The summed E-state index contributed by atoms with van der Waals surface area (Å²) in [6, 6.07) is 0. The zero-order valence-electron chi connectivity index (χ0n) is 9.41. The standard InChI is InChI=1S/C12H22O3/c13-11-5-1-3-7-12(8-4-2-6-11)14-9-10-15-12/h11,13H,1-10H2. The Bertz CT molecular complexity index is 173. The molecule has 1 saturated heterocycles. The van der Waals surface area contributed by atoms with Crippen LogP contribution in [0.2, 0.25) is 0 Å². The van der Waals surface area contributed by atoms with E-state index in [-0.39, 0.29) is 11.9 Å². The van der Waals surface area contributed by atoms with Crippen LogP contribution in [-0.2, 0) is 9.47 Å². The van der Waals surface area contributed by atoms with E-state index < -0.39 is 0 Å². The number of hydrogen-bond donors (Lipinski definition) is 1. The summed E-state index contributed by atoms with van der Waals surface area (Å²) in [6.07, 6.45) is 8.20. The molecule has 1 aliphatic carbocycles. The maximum absolute atomic E-state index is 9.63. The van der Waals surface area contributed by atoms with Crippen molar-refractivity contribution in [2.24, 2.45) is 0 Å². The first kappa shape index (κ1) is 11.4. The van der Waals surface area contributed by atoms with E-state index in [1.165, 1.54) is 0 Å². The van der Waals surface area contributed by atoms with Crippen molar-refractivity contribution in [1.29, 1.82) is 0 Å². The summed E-state index contributed by atoms with van der Waals surface area (Å²) in [5.74, 6) is -0.262. The maximum Gasteiger partial charge on any atom is 0.168 e. The quantitative estimate of drug-likeness (QED) is 0.672. The first-order chi connectivity index (χ1) is 7.31. The molecule has 1 N–H and O–H groups in total. The highest BCUT2D eigenvalue weighted by molar-refractivity contribution is 4.76. The molecule has 3 nitrogen and oxygen atoms in total. The van der Waals surface area contributed by atoms with Crippen LogP contribution in [0.3, 0.4) is 0 Å². The minimum absolute atomic E-state index is 0.0792. The Balaban J connectivity index is 1.86. The lowest BCUT2D eigenvalue weighted by Crippen LogP contribution is -2.30. The SMILES string of the molecule is OC1CCCCC2(CCCC1)OCCO2. The summed E-state index contributed by atoms with van der Waals surface area (Å²) in [7, 11) is 0. The third-order valence-corrected chi connectivity index (χ3v) is 3.50. The second-order valence-corrected chi connectivity index (χ2v) is 4.75. The Morgan fingerprint density at radius 2 is 1.40 bits per heavy atom. The van der Waals surface area contributed by atoms with E-state index in [4.69, 9.17) is 9.47 Å². The summed E-state index contributed by atoms with van der Waals surface area (Å²) >= 11 is 0. The second kappa shape index (κ2) is 5.28. The van der Waals surface area contributed by atoms with Gasteiger partial charge in [0.25, 0.3) is 0 Å². The predicted molar refractivity (Wildman–Crippen MR) is 57.6 cm³/mol. The van der Waals surface area contributed by atoms with E-state index in [2.05, 4.69) is 0 Å². The van der Waals surface area contributed by atoms with Crippen LogP contribution in [0.25, 0.3) is 0 Å². The van der Waals surface area contributed by atoms with E-state index >= 15 is 0 Å². The van der Waals surface area contributed by atoms with E-state index in [0.717, 1.165) is 64.6 Å². The molecule has 0 radical (unpaired) electrons. The highest BCUT2D eigenvalue weighted by Gasteiger charge is 2.35. The highest BCUT2D eigenvalue weighted by atomic mass is 16.7. The van der Waals surface area contributed by atoms with Gasteiger partial charge < -0.3 is 14.6 Å². The van der Waals surface area contributed by atoms with Crippen molar-refractivity contribution in [1.82, 2.24) is 0 Å². The first-order valence-electron chi connectivity index (χ1n) is 6.27.